The van der Waals surface area contributed by atoms with Gasteiger partial charge in [0.1, 0.15) is 6.04 Å². The third-order valence-corrected chi connectivity index (χ3v) is 4.58. The van der Waals surface area contributed by atoms with Crippen LogP contribution < -0.4 is 16.4 Å². The molecule has 7 nitrogen and oxygen atoms in total. The van der Waals surface area contributed by atoms with Crippen LogP contribution in [-0.4, -0.2) is 28.7 Å². The molecular formula is C18H22N4O3S. The first-order valence-corrected chi connectivity index (χ1v) is 9.16. The largest absolute Gasteiger partial charge is 0.369 e. The highest BCUT2D eigenvalue weighted by atomic mass is 32.1. The van der Waals surface area contributed by atoms with Gasteiger partial charge in [-0.05, 0) is 12.0 Å². The normalized spacial score (nSPS) is 12.8. The zero-order chi connectivity index (χ0) is 18.9. The average Bonchev–Trinajstić information content (AvgIpc) is 3.12. The third-order valence-electron chi connectivity index (χ3n) is 3.89. The van der Waals surface area contributed by atoms with Gasteiger partial charge < -0.3 is 16.4 Å². The number of rotatable bonds is 9. The molecule has 26 heavy (non-hydrogen) atoms. The number of hydrogen-bond acceptors (Lipinski definition) is 5. The number of nitrogens with zero attached hydrogens (tertiary/aromatic N) is 1. The molecule has 0 bridgehead atoms. The zero-order valence-corrected chi connectivity index (χ0v) is 15.3. The lowest BCUT2D eigenvalue weighted by Gasteiger charge is -2.18. The van der Waals surface area contributed by atoms with Crippen LogP contribution in [0, 0.1) is 5.92 Å². The maximum atomic E-state index is 12.6. The highest BCUT2D eigenvalue weighted by molar-refractivity contribution is 7.13. The lowest BCUT2D eigenvalue weighted by molar-refractivity contribution is -0.127. The van der Waals surface area contributed by atoms with Gasteiger partial charge in [-0.3, -0.25) is 14.4 Å². The molecule has 0 aliphatic rings. The van der Waals surface area contributed by atoms with Gasteiger partial charge in [0.05, 0.1) is 0 Å². The summed E-state index contributed by atoms with van der Waals surface area (Å²) >= 11 is 1.30. The second-order valence-corrected chi connectivity index (χ2v) is 6.87. The second kappa shape index (κ2) is 9.67. The molecule has 0 radical (unpaired) electrons. The van der Waals surface area contributed by atoms with Crippen LogP contribution >= 0.6 is 11.3 Å². The summed E-state index contributed by atoms with van der Waals surface area (Å²) in [4.78, 5) is 39.9. The number of carbonyl (C=O) groups is 3. The Morgan fingerprint density at radius 3 is 2.58 bits per heavy atom. The summed E-state index contributed by atoms with van der Waals surface area (Å²) in [5.41, 5.74) is 6.14. The number of anilines is 1. The van der Waals surface area contributed by atoms with E-state index in [1.54, 1.807) is 18.5 Å². The van der Waals surface area contributed by atoms with Gasteiger partial charge in [-0.25, -0.2) is 4.98 Å². The van der Waals surface area contributed by atoms with Crippen LogP contribution in [0.5, 0.6) is 0 Å². The van der Waals surface area contributed by atoms with Crippen LogP contribution in [0.2, 0.25) is 0 Å². The molecule has 1 unspecified atom stereocenters. The first kappa shape index (κ1) is 19.6. The molecule has 0 spiro atoms. The summed E-state index contributed by atoms with van der Waals surface area (Å²) in [5.74, 6) is -1.47. The van der Waals surface area contributed by atoms with E-state index in [0.29, 0.717) is 18.0 Å². The van der Waals surface area contributed by atoms with E-state index >= 15 is 0 Å². The van der Waals surface area contributed by atoms with Crippen LogP contribution in [-0.2, 0) is 20.8 Å². The van der Waals surface area contributed by atoms with Gasteiger partial charge in [0.2, 0.25) is 17.7 Å². The highest BCUT2D eigenvalue weighted by Crippen LogP contribution is 2.12. The number of hydrogen-bond donors (Lipinski definition) is 3. The summed E-state index contributed by atoms with van der Waals surface area (Å²) in [6.07, 6.45) is 2.42. The van der Waals surface area contributed by atoms with Gasteiger partial charge >= 0.3 is 0 Å². The smallest absolute Gasteiger partial charge is 0.249 e. The van der Waals surface area contributed by atoms with Crippen molar-refractivity contribution in [2.45, 2.75) is 32.2 Å². The Morgan fingerprint density at radius 1 is 1.23 bits per heavy atom. The summed E-state index contributed by atoms with van der Waals surface area (Å²) in [7, 11) is 0. The molecule has 0 saturated heterocycles. The number of amides is 3. The topological polar surface area (TPSA) is 114 Å². The van der Waals surface area contributed by atoms with E-state index in [1.165, 1.54) is 11.3 Å². The van der Waals surface area contributed by atoms with Crippen LogP contribution in [0.1, 0.15) is 25.3 Å². The van der Waals surface area contributed by atoms with Gasteiger partial charge in [0.15, 0.2) is 5.13 Å². The van der Waals surface area contributed by atoms with Crippen molar-refractivity contribution in [1.82, 2.24) is 10.3 Å². The molecule has 2 aromatic rings. The van der Waals surface area contributed by atoms with Gasteiger partial charge in [-0.1, -0.05) is 37.3 Å². The lowest BCUT2D eigenvalue weighted by atomic mass is 10.0. The summed E-state index contributed by atoms with van der Waals surface area (Å²) in [5, 5.41) is 7.69. The lowest BCUT2D eigenvalue weighted by Crippen LogP contribution is -2.45. The van der Waals surface area contributed by atoms with Crippen molar-refractivity contribution in [2.75, 3.05) is 5.32 Å². The molecule has 1 aromatic carbocycles. The first-order valence-electron chi connectivity index (χ1n) is 8.28. The van der Waals surface area contributed by atoms with Gasteiger partial charge in [-0.2, -0.15) is 0 Å². The predicted octanol–water partition coefficient (Wildman–Crippen LogP) is 1.71. The molecule has 0 aliphatic carbocycles. The molecule has 0 saturated carbocycles. The fourth-order valence-electron chi connectivity index (χ4n) is 2.29. The fraction of sp³-hybridized carbons (Fsp3) is 0.333. The number of thiazole rings is 1. The van der Waals surface area contributed by atoms with Gasteiger partial charge in [-0.15, -0.1) is 11.3 Å². The number of primary amides is 1. The molecule has 0 aliphatic heterocycles. The van der Waals surface area contributed by atoms with Crippen LogP contribution in [0.15, 0.2) is 41.9 Å². The quantitative estimate of drug-likeness (QED) is 0.620. The van der Waals surface area contributed by atoms with Crippen molar-refractivity contribution < 1.29 is 14.4 Å². The Labute approximate surface area is 156 Å². The van der Waals surface area contributed by atoms with E-state index in [1.807, 2.05) is 30.3 Å². The molecule has 8 heteroatoms. The van der Waals surface area contributed by atoms with E-state index in [0.717, 1.165) is 5.56 Å². The fourth-order valence-corrected chi connectivity index (χ4v) is 2.82. The predicted molar refractivity (Wildman–Crippen MR) is 100 cm³/mol. The minimum Gasteiger partial charge on any atom is -0.369 e. The van der Waals surface area contributed by atoms with Gasteiger partial charge in [0, 0.05) is 30.3 Å². The number of carbonyl (C=O) groups excluding carboxylic acids is 3. The van der Waals surface area contributed by atoms with E-state index in [9.17, 15) is 14.4 Å². The van der Waals surface area contributed by atoms with Crippen molar-refractivity contribution in [1.29, 1.82) is 0 Å². The van der Waals surface area contributed by atoms with Crippen LogP contribution in [0.4, 0.5) is 5.13 Å². The summed E-state index contributed by atoms with van der Waals surface area (Å²) in [6, 6.07) is 8.69. The maximum Gasteiger partial charge on any atom is 0.249 e. The molecule has 1 aromatic heterocycles. The Kier molecular flexibility index (Phi) is 7.28. The van der Waals surface area contributed by atoms with Crippen molar-refractivity contribution >= 4 is 34.2 Å². The monoisotopic (exact) mass is 374 g/mol. The zero-order valence-electron chi connectivity index (χ0n) is 14.5. The van der Waals surface area contributed by atoms with E-state index in [-0.39, 0.29) is 18.2 Å². The third kappa shape index (κ3) is 6.29. The summed E-state index contributed by atoms with van der Waals surface area (Å²) in [6.45, 7) is 1.67. The van der Waals surface area contributed by atoms with Crippen molar-refractivity contribution in [3.05, 3.63) is 47.5 Å². The van der Waals surface area contributed by atoms with E-state index in [2.05, 4.69) is 15.6 Å². The van der Waals surface area contributed by atoms with E-state index < -0.39 is 17.9 Å². The molecule has 3 amide bonds. The maximum absolute atomic E-state index is 12.6. The average molecular weight is 374 g/mol. The first-order chi connectivity index (χ1) is 12.5. The second-order valence-electron chi connectivity index (χ2n) is 5.98. The number of nitrogens with one attached hydrogen (secondary N) is 2. The standard InChI is InChI=1S/C18H22N4O3S/c1-12(16(19)24)7-8-15(23)21-14(11-13-5-3-2-4-6-13)17(25)22-18-20-9-10-26-18/h2-6,9-10,12,14H,7-8,11H2,1H3,(H2,19,24)(H,21,23)(H,20,22,25)/t12?,14-/m0/s1. The molecule has 138 valence electrons. The van der Waals surface area contributed by atoms with Gasteiger partial charge in [0.25, 0.3) is 0 Å². The Hall–Kier alpha value is -2.74. The van der Waals surface area contributed by atoms with E-state index in [4.69, 9.17) is 5.73 Å². The van der Waals surface area contributed by atoms with Crippen molar-refractivity contribution in [3.63, 3.8) is 0 Å². The van der Waals surface area contributed by atoms with Crippen LogP contribution in [0.25, 0.3) is 0 Å². The SMILES string of the molecule is CC(CCC(=O)N[C@@H](Cc1ccccc1)C(=O)Nc1nccs1)C(N)=O. The highest BCUT2D eigenvalue weighted by Gasteiger charge is 2.22. The molecular weight excluding hydrogens is 352 g/mol. The molecule has 2 atom stereocenters. The summed E-state index contributed by atoms with van der Waals surface area (Å²) < 4.78 is 0. The molecule has 0 fully saturated rings. The molecule has 1 heterocycles. The Bertz CT molecular complexity index is 734. The number of aromatic nitrogens is 1. The van der Waals surface area contributed by atoms with Crippen molar-refractivity contribution in [2.24, 2.45) is 11.7 Å². The minimum absolute atomic E-state index is 0.125. The Morgan fingerprint density at radius 2 is 1.96 bits per heavy atom. The van der Waals surface area contributed by atoms with Crippen LogP contribution in [0.3, 0.4) is 0 Å². The van der Waals surface area contributed by atoms with Crippen molar-refractivity contribution in [3.8, 4) is 0 Å². The molecule has 2 rings (SSSR count). The Balaban J connectivity index is 2.00. The number of benzene rings is 1. The number of nitrogens with two attached hydrogens (primary N) is 1. The minimum atomic E-state index is -0.738. The molecule has 4 N–H and O–H groups in total.